The molecule has 0 saturated heterocycles. The van der Waals surface area contributed by atoms with Crippen molar-refractivity contribution >= 4 is 5.97 Å². The summed E-state index contributed by atoms with van der Waals surface area (Å²) < 4.78 is 16.4. The molecule has 0 aliphatic carbocycles. The Labute approximate surface area is 151 Å². The monoisotopic (exact) mass is 345 g/mol. The molecular formula is C21H15NO4. The van der Waals surface area contributed by atoms with Crippen LogP contribution < -0.4 is 14.2 Å². The average Bonchev–Trinajstić information content (AvgIpc) is 2.69. The van der Waals surface area contributed by atoms with E-state index in [0.717, 1.165) is 0 Å². The predicted molar refractivity (Wildman–Crippen MR) is 95.6 cm³/mol. The van der Waals surface area contributed by atoms with Crippen LogP contribution in [0.25, 0.3) is 0 Å². The molecule has 26 heavy (non-hydrogen) atoms. The number of hydrogen-bond donors (Lipinski definition) is 0. The fraction of sp³-hybridized carbons (Fsp3) is 0.0476. The van der Waals surface area contributed by atoms with Crippen molar-refractivity contribution in [2.24, 2.45) is 0 Å². The SMILES string of the molecule is COc1cc(C#N)ccc1OC(=O)c1ccccc1Oc1ccccc1. The Kier molecular flexibility index (Phi) is 5.16. The summed E-state index contributed by atoms with van der Waals surface area (Å²) in [5, 5.41) is 8.96. The molecule has 3 aromatic carbocycles. The van der Waals surface area contributed by atoms with E-state index in [0.29, 0.717) is 22.8 Å². The molecular weight excluding hydrogens is 330 g/mol. The maximum absolute atomic E-state index is 12.6. The topological polar surface area (TPSA) is 68.5 Å². The molecule has 0 aliphatic rings. The largest absolute Gasteiger partial charge is 0.493 e. The lowest BCUT2D eigenvalue weighted by Gasteiger charge is -2.12. The van der Waals surface area contributed by atoms with Crippen molar-refractivity contribution in [2.45, 2.75) is 0 Å². The lowest BCUT2D eigenvalue weighted by atomic mass is 10.2. The molecule has 0 amide bonds. The second kappa shape index (κ2) is 7.86. The van der Waals surface area contributed by atoms with Gasteiger partial charge in [0.15, 0.2) is 11.5 Å². The van der Waals surface area contributed by atoms with Crippen LogP contribution in [-0.4, -0.2) is 13.1 Å². The number of carbonyl (C=O) groups is 1. The van der Waals surface area contributed by atoms with Gasteiger partial charge in [-0.25, -0.2) is 4.79 Å². The number of para-hydroxylation sites is 2. The van der Waals surface area contributed by atoms with E-state index < -0.39 is 5.97 Å². The number of rotatable bonds is 5. The van der Waals surface area contributed by atoms with Gasteiger partial charge in [0.2, 0.25) is 0 Å². The van der Waals surface area contributed by atoms with Crippen LogP contribution in [0.4, 0.5) is 0 Å². The molecule has 0 aliphatic heterocycles. The maximum atomic E-state index is 12.6. The Morgan fingerprint density at radius 3 is 2.35 bits per heavy atom. The van der Waals surface area contributed by atoms with E-state index in [9.17, 15) is 4.79 Å². The van der Waals surface area contributed by atoms with Gasteiger partial charge in [0.05, 0.1) is 18.7 Å². The first-order valence-corrected chi connectivity index (χ1v) is 7.83. The molecule has 3 aromatic rings. The summed E-state index contributed by atoms with van der Waals surface area (Å²) in [5.41, 5.74) is 0.692. The summed E-state index contributed by atoms with van der Waals surface area (Å²) in [7, 11) is 1.44. The summed E-state index contributed by atoms with van der Waals surface area (Å²) in [6.45, 7) is 0. The van der Waals surface area contributed by atoms with Crippen LogP contribution in [-0.2, 0) is 0 Å². The highest BCUT2D eigenvalue weighted by molar-refractivity contribution is 5.94. The Bertz CT molecular complexity index is 961. The summed E-state index contributed by atoms with van der Waals surface area (Å²) >= 11 is 0. The summed E-state index contributed by atoms with van der Waals surface area (Å²) in [6, 6.07) is 22.6. The molecule has 0 unspecified atom stereocenters. The van der Waals surface area contributed by atoms with Crippen LogP contribution in [0.2, 0.25) is 0 Å². The van der Waals surface area contributed by atoms with Crippen molar-refractivity contribution in [3.05, 3.63) is 83.9 Å². The van der Waals surface area contributed by atoms with Crippen LogP contribution in [0, 0.1) is 11.3 Å². The highest BCUT2D eigenvalue weighted by Crippen LogP contribution is 2.31. The van der Waals surface area contributed by atoms with Gasteiger partial charge in [-0.05, 0) is 36.4 Å². The van der Waals surface area contributed by atoms with Crippen molar-refractivity contribution in [1.29, 1.82) is 5.26 Å². The molecule has 0 heterocycles. The van der Waals surface area contributed by atoms with E-state index in [1.807, 2.05) is 24.3 Å². The van der Waals surface area contributed by atoms with E-state index in [2.05, 4.69) is 0 Å². The fourth-order valence-corrected chi connectivity index (χ4v) is 2.32. The molecule has 5 nitrogen and oxygen atoms in total. The van der Waals surface area contributed by atoms with Gasteiger partial charge >= 0.3 is 5.97 Å². The number of methoxy groups -OCH3 is 1. The summed E-state index contributed by atoms with van der Waals surface area (Å²) in [5.74, 6) is 0.949. The number of nitriles is 1. The molecule has 0 aromatic heterocycles. The third kappa shape index (κ3) is 3.82. The fourth-order valence-electron chi connectivity index (χ4n) is 2.32. The predicted octanol–water partition coefficient (Wildman–Crippen LogP) is 4.58. The zero-order valence-electron chi connectivity index (χ0n) is 14.0. The minimum absolute atomic E-state index is 0.228. The third-order valence-electron chi connectivity index (χ3n) is 3.57. The molecule has 0 atom stereocenters. The molecule has 0 saturated carbocycles. The summed E-state index contributed by atoms with van der Waals surface area (Å²) in [6.07, 6.45) is 0. The number of hydrogen-bond acceptors (Lipinski definition) is 5. The second-order valence-corrected chi connectivity index (χ2v) is 5.28. The molecule has 128 valence electrons. The van der Waals surface area contributed by atoms with Crippen LogP contribution in [0.1, 0.15) is 15.9 Å². The number of ether oxygens (including phenoxy) is 3. The number of benzene rings is 3. The van der Waals surface area contributed by atoms with Crippen molar-refractivity contribution < 1.29 is 19.0 Å². The minimum atomic E-state index is -0.584. The van der Waals surface area contributed by atoms with Crippen molar-refractivity contribution in [2.75, 3.05) is 7.11 Å². The first kappa shape index (κ1) is 17.1. The van der Waals surface area contributed by atoms with E-state index in [1.54, 1.807) is 42.5 Å². The molecule has 0 fully saturated rings. The van der Waals surface area contributed by atoms with Gasteiger partial charge < -0.3 is 14.2 Å². The zero-order valence-corrected chi connectivity index (χ0v) is 14.0. The molecule has 0 N–H and O–H groups in total. The Balaban J connectivity index is 1.86. The Morgan fingerprint density at radius 2 is 1.62 bits per heavy atom. The van der Waals surface area contributed by atoms with Gasteiger partial charge in [-0.1, -0.05) is 30.3 Å². The van der Waals surface area contributed by atoms with Gasteiger partial charge in [0, 0.05) is 6.07 Å². The molecule has 5 heteroatoms. The highest BCUT2D eigenvalue weighted by atomic mass is 16.6. The lowest BCUT2D eigenvalue weighted by molar-refractivity contribution is 0.0727. The molecule has 0 bridgehead atoms. The second-order valence-electron chi connectivity index (χ2n) is 5.28. The standard InChI is InChI=1S/C21H15NO4/c1-24-20-13-15(14-22)11-12-19(20)26-21(23)17-9-5-6-10-18(17)25-16-7-3-2-4-8-16/h2-13H,1H3. The molecule has 3 rings (SSSR count). The van der Waals surface area contributed by atoms with Crippen LogP contribution in [0.5, 0.6) is 23.0 Å². The van der Waals surface area contributed by atoms with Crippen molar-refractivity contribution in [1.82, 2.24) is 0 Å². The van der Waals surface area contributed by atoms with E-state index in [1.165, 1.54) is 19.2 Å². The molecule has 0 spiro atoms. The minimum Gasteiger partial charge on any atom is -0.493 e. The highest BCUT2D eigenvalue weighted by Gasteiger charge is 2.17. The first-order chi connectivity index (χ1) is 12.7. The number of nitrogens with zero attached hydrogens (tertiary/aromatic N) is 1. The van der Waals surface area contributed by atoms with E-state index >= 15 is 0 Å². The third-order valence-corrected chi connectivity index (χ3v) is 3.57. The van der Waals surface area contributed by atoms with Gasteiger partial charge in [0.1, 0.15) is 17.1 Å². The first-order valence-electron chi connectivity index (χ1n) is 7.83. The van der Waals surface area contributed by atoms with Crippen LogP contribution >= 0.6 is 0 Å². The average molecular weight is 345 g/mol. The summed E-state index contributed by atoms with van der Waals surface area (Å²) in [4.78, 5) is 12.6. The van der Waals surface area contributed by atoms with Crippen LogP contribution in [0.3, 0.4) is 0 Å². The van der Waals surface area contributed by atoms with Gasteiger partial charge in [-0.3, -0.25) is 0 Å². The van der Waals surface area contributed by atoms with E-state index in [4.69, 9.17) is 19.5 Å². The van der Waals surface area contributed by atoms with Crippen molar-refractivity contribution in [3.8, 4) is 29.1 Å². The van der Waals surface area contributed by atoms with Gasteiger partial charge in [-0.2, -0.15) is 5.26 Å². The Hall–Kier alpha value is -3.78. The normalized spacial score (nSPS) is 9.85. The quantitative estimate of drug-likeness (QED) is 0.500. The lowest BCUT2D eigenvalue weighted by Crippen LogP contribution is -2.10. The smallest absolute Gasteiger partial charge is 0.347 e. The van der Waals surface area contributed by atoms with Gasteiger partial charge in [-0.15, -0.1) is 0 Å². The Morgan fingerprint density at radius 1 is 0.885 bits per heavy atom. The van der Waals surface area contributed by atoms with Crippen molar-refractivity contribution in [3.63, 3.8) is 0 Å². The zero-order chi connectivity index (χ0) is 18.4. The van der Waals surface area contributed by atoms with E-state index in [-0.39, 0.29) is 11.3 Å². The number of carbonyl (C=O) groups excluding carboxylic acids is 1. The molecule has 0 radical (unpaired) electrons. The van der Waals surface area contributed by atoms with Crippen LogP contribution in [0.15, 0.2) is 72.8 Å². The van der Waals surface area contributed by atoms with Gasteiger partial charge in [0.25, 0.3) is 0 Å². The number of esters is 1. The maximum Gasteiger partial charge on any atom is 0.347 e.